The largest absolute Gasteiger partial charge is 0.455 e. The van der Waals surface area contributed by atoms with Crippen LogP contribution in [0.4, 0.5) is 0 Å². The maximum atomic E-state index is 6.80. The number of para-hydroxylation sites is 3. The molecule has 1 aliphatic heterocycles. The predicted octanol–water partition coefficient (Wildman–Crippen LogP) is 11.4. The summed E-state index contributed by atoms with van der Waals surface area (Å²) in [6.07, 6.45) is 15.6. The zero-order valence-electron chi connectivity index (χ0n) is 27.9. The minimum Gasteiger partial charge on any atom is -0.455 e. The Balaban J connectivity index is 0.991. The summed E-state index contributed by atoms with van der Waals surface area (Å²) in [5, 5.41) is 17.5. The fourth-order valence-corrected chi connectivity index (χ4v) is 9.67. The molecule has 0 spiro atoms. The topological polar surface area (TPSA) is 62.4 Å². The maximum Gasteiger partial charge on any atom is 0.143 e. The summed E-state index contributed by atoms with van der Waals surface area (Å²) in [5.41, 5.74) is 10.8. The summed E-state index contributed by atoms with van der Waals surface area (Å²) in [4.78, 5) is 1.50. The normalized spacial score (nSPS) is 20.5. The van der Waals surface area contributed by atoms with Crippen molar-refractivity contribution in [2.45, 2.75) is 44.2 Å². The Hall–Kier alpha value is -5.24. The number of aryl methyl sites for hydroxylation is 1. The molecule has 2 aliphatic carbocycles. The van der Waals surface area contributed by atoms with Gasteiger partial charge in [-0.1, -0.05) is 109 Å². The molecule has 0 bridgehead atoms. The van der Waals surface area contributed by atoms with E-state index in [0.717, 1.165) is 86.3 Å². The number of thiophene rings is 1. The molecule has 0 radical (unpaired) electrons. The minimum atomic E-state index is -0.0930. The van der Waals surface area contributed by atoms with Gasteiger partial charge in [-0.05, 0) is 71.5 Å². The van der Waals surface area contributed by atoms with Gasteiger partial charge in [-0.25, -0.2) is 0 Å². The van der Waals surface area contributed by atoms with Crippen molar-refractivity contribution in [3.05, 3.63) is 149 Å². The van der Waals surface area contributed by atoms with E-state index in [-0.39, 0.29) is 18.5 Å². The van der Waals surface area contributed by atoms with Crippen molar-refractivity contribution < 1.29 is 8.83 Å². The quantitative estimate of drug-likeness (QED) is 0.173. The van der Waals surface area contributed by atoms with E-state index in [1.165, 1.54) is 31.7 Å². The molecule has 0 amide bonds. The molecule has 3 unspecified atom stereocenters. The van der Waals surface area contributed by atoms with E-state index in [9.17, 15) is 0 Å². The summed E-state index contributed by atoms with van der Waals surface area (Å²) in [5.74, 6) is 0. The molecule has 1 fully saturated rings. The average Bonchev–Trinajstić information content (AvgIpc) is 3.88. The van der Waals surface area contributed by atoms with Crippen molar-refractivity contribution in [3.63, 3.8) is 0 Å². The highest BCUT2D eigenvalue weighted by molar-refractivity contribution is 7.19. The van der Waals surface area contributed by atoms with Crippen molar-refractivity contribution in [1.29, 1.82) is 0 Å². The number of furan rings is 2. The maximum absolute atomic E-state index is 6.80. The van der Waals surface area contributed by atoms with Gasteiger partial charge in [0, 0.05) is 42.2 Å². The first kappa shape index (κ1) is 29.5. The Labute approximate surface area is 298 Å². The molecule has 51 heavy (non-hydrogen) atoms. The molecule has 11 rings (SSSR count). The van der Waals surface area contributed by atoms with Gasteiger partial charge in [0.15, 0.2) is 0 Å². The smallest absolute Gasteiger partial charge is 0.143 e. The summed E-state index contributed by atoms with van der Waals surface area (Å²) in [7, 11) is 0. The molecule has 3 aromatic heterocycles. The number of fused-ring (bicyclic) bond motifs is 9. The van der Waals surface area contributed by atoms with E-state index in [1.54, 1.807) is 0 Å². The molecule has 3 N–H and O–H groups in total. The molecule has 5 nitrogen and oxygen atoms in total. The Bertz CT molecular complexity index is 2780. The number of hydrogen-bond acceptors (Lipinski definition) is 6. The molecule has 1 saturated heterocycles. The van der Waals surface area contributed by atoms with Gasteiger partial charge in [0.25, 0.3) is 0 Å². The lowest BCUT2D eigenvalue weighted by atomic mass is 9.98. The number of allylic oxidation sites excluding steroid dienone is 4. The van der Waals surface area contributed by atoms with Crippen LogP contribution < -0.4 is 16.0 Å². The van der Waals surface area contributed by atoms with Crippen LogP contribution in [0.3, 0.4) is 0 Å². The SMILES string of the molecule is C1=CCCC(C2NC(c3ccc4c(c3)oc3c(-c5cccc6c5oc5ccccc56)cccc34)NC(c3ccc4c5c(sc4c3)CCC=C5)N2)=C1. The lowest BCUT2D eigenvalue weighted by Gasteiger charge is -2.40. The molecular formula is C45H35N3O2S. The van der Waals surface area contributed by atoms with Crippen LogP contribution in [0.25, 0.3) is 71.2 Å². The number of hydrogen-bond donors (Lipinski definition) is 3. The zero-order valence-corrected chi connectivity index (χ0v) is 28.7. The molecule has 5 aromatic carbocycles. The van der Waals surface area contributed by atoms with Crippen molar-refractivity contribution in [1.82, 2.24) is 16.0 Å². The number of rotatable bonds is 4. The Morgan fingerprint density at radius 2 is 1.24 bits per heavy atom. The van der Waals surface area contributed by atoms with Crippen LogP contribution in [0.2, 0.25) is 0 Å². The van der Waals surface area contributed by atoms with Crippen molar-refractivity contribution in [2.75, 3.05) is 0 Å². The van der Waals surface area contributed by atoms with E-state index in [0.29, 0.717) is 0 Å². The van der Waals surface area contributed by atoms with E-state index < -0.39 is 0 Å². The highest BCUT2D eigenvalue weighted by Gasteiger charge is 2.31. The van der Waals surface area contributed by atoms with E-state index >= 15 is 0 Å². The Kier molecular flexibility index (Phi) is 6.74. The van der Waals surface area contributed by atoms with Crippen LogP contribution in [0.15, 0.2) is 136 Å². The lowest BCUT2D eigenvalue weighted by Crippen LogP contribution is -2.59. The Morgan fingerprint density at radius 1 is 0.569 bits per heavy atom. The van der Waals surface area contributed by atoms with E-state index in [1.807, 2.05) is 23.5 Å². The Morgan fingerprint density at radius 3 is 2.02 bits per heavy atom. The molecular weight excluding hydrogens is 647 g/mol. The van der Waals surface area contributed by atoms with Gasteiger partial charge in [0.05, 0.1) is 18.5 Å². The highest BCUT2D eigenvalue weighted by atomic mass is 32.1. The zero-order chi connectivity index (χ0) is 33.5. The third-order valence-electron chi connectivity index (χ3n) is 11.0. The van der Waals surface area contributed by atoms with Gasteiger partial charge in [-0.15, -0.1) is 11.3 Å². The van der Waals surface area contributed by atoms with Gasteiger partial charge >= 0.3 is 0 Å². The van der Waals surface area contributed by atoms with Crippen molar-refractivity contribution in [3.8, 4) is 11.1 Å². The number of nitrogens with one attached hydrogen (secondary N) is 3. The molecule has 248 valence electrons. The second-order valence-corrected chi connectivity index (χ2v) is 15.1. The highest BCUT2D eigenvalue weighted by Crippen LogP contribution is 2.42. The van der Waals surface area contributed by atoms with Crippen LogP contribution >= 0.6 is 11.3 Å². The molecule has 8 aromatic rings. The second kappa shape index (κ2) is 11.7. The van der Waals surface area contributed by atoms with Crippen molar-refractivity contribution >= 4 is 71.4 Å². The third kappa shape index (κ3) is 4.79. The minimum absolute atomic E-state index is 0.0312. The second-order valence-electron chi connectivity index (χ2n) is 14.0. The summed E-state index contributed by atoms with van der Waals surface area (Å²) in [6.45, 7) is 0. The first-order valence-corrected chi connectivity index (χ1v) is 18.8. The van der Waals surface area contributed by atoms with E-state index in [2.05, 4.69) is 131 Å². The van der Waals surface area contributed by atoms with Gasteiger partial charge < -0.3 is 8.83 Å². The fourth-order valence-electron chi connectivity index (χ4n) is 8.42. The lowest BCUT2D eigenvalue weighted by molar-refractivity contribution is 0.219. The van der Waals surface area contributed by atoms with E-state index in [4.69, 9.17) is 8.83 Å². The summed E-state index contributed by atoms with van der Waals surface area (Å²) < 4.78 is 14.6. The van der Waals surface area contributed by atoms with Crippen LogP contribution in [0.1, 0.15) is 53.2 Å². The first-order chi connectivity index (χ1) is 25.2. The molecule has 4 heterocycles. The molecule has 3 aliphatic rings. The van der Waals surface area contributed by atoms with Crippen molar-refractivity contribution in [2.24, 2.45) is 0 Å². The molecule has 6 heteroatoms. The third-order valence-corrected chi connectivity index (χ3v) is 12.2. The van der Waals surface area contributed by atoms with Gasteiger partial charge in [-0.2, -0.15) is 0 Å². The summed E-state index contributed by atoms with van der Waals surface area (Å²) in [6, 6.07) is 34.7. The average molecular weight is 682 g/mol. The van der Waals surface area contributed by atoms with Gasteiger partial charge in [0.2, 0.25) is 0 Å². The first-order valence-electron chi connectivity index (χ1n) is 18.0. The standard InChI is InChI=1S/C45H35N3O2S/c1-2-10-26(11-3-1)43-46-44(48-45(47-43)28-21-23-32-31-13-5-7-19-39(31)51-40(32)25-28)27-20-22-30-34-15-9-17-36(42(34)50-38(30)24-27)35-16-8-14-33-29-12-4-6-18-37(29)49-41(33)35/h1-2,4-6,8-10,12-18,20-25,43-48H,3,7,11,19H2. The fraction of sp³-hybridized carbons (Fsp3) is 0.156. The van der Waals surface area contributed by atoms with Crippen LogP contribution in [0.5, 0.6) is 0 Å². The van der Waals surface area contributed by atoms with Crippen LogP contribution in [0, 0.1) is 0 Å². The predicted molar refractivity (Wildman–Crippen MR) is 211 cm³/mol. The monoisotopic (exact) mass is 681 g/mol. The van der Waals surface area contributed by atoms with Crippen LogP contribution in [-0.2, 0) is 6.42 Å². The molecule has 0 saturated carbocycles. The summed E-state index contributed by atoms with van der Waals surface area (Å²) >= 11 is 1.95. The van der Waals surface area contributed by atoms with Gasteiger partial charge in [0.1, 0.15) is 22.3 Å². The van der Waals surface area contributed by atoms with Crippen LogP contribution in [-0.4, -0.2) is 6.17 Å². The molecule has 3 atom stereocenters. The number of benzene rings is 5. The van der Waals surface area contributed by atoms with Gasteiger partial charge in [-0.3, -0.25) is 16.0 Å².